The summed E-state index contributed by atoms with van der Waals surface area (Å²) in [6, 6.07) is 1.39. The van der Waals surface area contributed by atoms with Crippen LogP contribution in [-0.2, 0) is 35.1 Å². The summed E-state index contributed by atoms with van der Waals surface area (Å²) < 4.78 is 9.95. The van der Waals surface area contributed by atoms with Crippen molar-refractivity contribution in [2.75, 3.05) is 39.3 Å². The molecule has 12 nitrogen and oxygen atoms in total. The van der Waals surface area contributed by atoms with Crippen molar-refractivity contribution in [3.63, 3.8) is 0 Å². The number of nitrogens with two attached hydrogens (primary N) is 1. The molecule has 4 N–H and O–H groups in total. The van der Waals surface area contributed by atoms with Crippen LogP contribution in [0, 0.1) is 23.7 Å². The largest absolute Gasteiger partial charge is 0.506 e. The molecule has 0 radical (unpaired) electrons. The smallest absolute Gasteiger partial charge is 0.342 e. The standard InChI is InChI=1S/C25H28N2O10/c1-27(2)14-9-13(24(34)37-5-4-36-3)19(29)17-12(14)7-10-6-11-8-15(28)18(23(26)33)22(32)25(11,35)21(31)16(10)20(17)30/h9-11,16,18,29,35H,4-8H2,1-3H3,(H2,26,33)/t10-,11+,16?,18?,25+/m1/s1. The zero-order valence-electron chi connectivity index (χ0n) is 20.6. The Hall–Kier alpha value is -3.64. The molecule has 37 heavy (non-hydrogen) atoms. The predicted octanol–water partition coefficient (Wildman–Crippen LogP) is -0.804. The number of phenols is 1. The molecule has 3 aliphatic rings. The number of primary amides is 1. The van der Waals surface area contributed by atoms with Crippen LogP contribution in [0.4, 0.5) is 5.69 Å². The van der Waals surface area contributed by atoms with Gasteiger partial charge >= 0.3 is 5.97 Å². The van der Waals surface area contributed by atoms with Crippen molar-refractivity contribution in [3.8, 4) is 5.75 Å². The molecule has 0 spiro atoms. The average molecular weight is 517 g/mol. The van der Waals surface area contributed by atoms with Crippen LogP contribution in [0.15, 0.2) is 6.07 Å². The summed E-state index contributed by atoms with van der Waals surface area (Å²) in [4.78, 5) is 78.9. The summed E-state index contributed by atoms with van der Waals surface area (Å²) in [5.74, 6) is -12.2. The molecule has 2 unspecified atom stereocenters. The lowest BCUT2D eigenvalue weighted by atomic mass is 9.53. The molecule has 1 aromatic rings. The van der Waals surface area contributed by atoms with Gasteiger partial charge in [0, 0.05) is 39.2 Å². The second-order valence-electron chi connectivity index (χ2n) is 9.91. The van der Waals surface area contributed by atoms with E-state index in [-0.39, 0.29) is 37.2 Å². The molecule has 4 rings (SSSR count). The average Bonchev–Trinajstić information content (AvgIpc) is 2.81. The summed E-state index contributed by atoms with van der Waals surface area (Å²) in [6.07, 6.45) is -0.328. The highest BCUT2D eigenvalue weighted by Crippen LogP contribution is 2.51. The molecule has 0 saturated heterocycles. The number of fused-ring (bicyclic) bond motifs is 3. The number of carbonyl (C=O) groups is 6. The number of methoxy groups -OCH3 is 1. The van der Waals surface area contributed by atoms with Gasteiger partial charge in [0.2, 0.25) is 5.91 Å². The van der Waals surface area contributed by atoms with Gasteiger partial charge in [0.25, 0.3) is 0 Å². The van der Waals surface area contributed by atoms with E-state index in [0.29, 0.717) is 11.3 Å². The Morgan fingerprint density at radius 1 is 1.14 bits per heavy atom. The third-order valence-corrected chi connectivity index (χ3v) is 7.60. The molecule has 5 atom stereocenters. The Balaban J connectivity index is 1.81. The minimum absolute atomic E-state index is 0.0184. The highest BCUT2D eigenvalue weighted by Gasteiger charge is 2.66. The zero-order valence-corrected chi connectivity index (χ0v) is 20.6. The number of carbonyl (C=O) groups excluding carboxylic acids is 6. The maximum Gasteiger partial charge on any atom is 0.342 e. The van der Waals surface area contributed by atoms with Gasteiger partial charge in [-0.15, -0.1) is 0 Å². The SMILES string of the molecule is COCCOC(=O)c1cc(N(C)C)c2c(c1O)C(=O)C1C(=O)[C@]3(O)C(=O)C(C(N)=O)C(=O)C[C@@H]3C[C@@H]1C2. The van der Waals surface area contributed by atoms with Gasteiger partial charge in [-0.3, -0.25) is 24.0 Å². The summed E-state index contributed by atoms with van der Waals surface area (Å²) in [5, 5.41) is 22.3. The van der Waals surface area contributed by atoms with E-state index < -0.39 is 76.5 Å². The Kier molecular flexibility index (Phi) is 6.67. The normalized spacial score (nSPS) is 28.8. The fourth-order valence-corrected chi connectivity index (χ4v) is 5.86. The van der Waals surface area contributed by atoms with Crippen LogP contribution in [0.1, 0.15) is 39.1 Å². The molecule has 12 heteroatoms. The van der Waals surface area contributed by atoms with Crippen LogP contribution in [0.5, 0.6) is 5.75 Å². The van der Waals surface area contributed by atoms with E-state index in [0.717, 1.165) is 0 Å². The maximum atomic E-state index is 13.7. The van der Waals surface area contributed by atoms with Gasteiger partial charge in [-0.1, -0.05) is 0 Å². The van der Waals surface area contributed by atoms with Crippen LogP contribution in [0.3, 0.4) is 0 Å². The fraction of sp³-hybridized carbons (Fsp3) is 0.520. The lowest BCUT2D eigenvalue weighted by Crippen LogP contribution is -2.68. The number of amides is 1. The van der Waals surface area contributed by atoms with Gasteiger partial charge in [-0.05, 0) is 30.4 Å². The van der Waals surface area contributed by atoms with Crippen molar-refractivity contribution in [2.24, 2.45) is 29.4 Å². The Morgan fingerprint density at radius 2 is 1.81 bits per heavy atom. The zero-order chi connectivity index (χ0) is 27.4. The van der Waals surface area contributed by atoms with E-state index in [9.17, 15) is 39.0 Å². The first-order valence-corrected chi connectivity index (χ1v) is 11.8. The van der Waals surface area contributed by atoms with Gasteiger partial charge < -0.3 is 30.3 Å². The van der Waals surface area contributed by atoms with E-state index in [1.165, 1.54) is 13.2 Å². The third-order valence-electron chi connectivity index (χ3n) is 7.60. The molecule has 0 bridgehead atoms. The number of aromatic hydroxyl groups is 1. The molecule has 1 aromatic carbocycles. The van der Waals surface area contributed by atoms with E-state index in [1.54, 1.807) is 19.0 Å². The van der Waals surface area contributed by atoms with Gasteiger partial charge in [0.15, 0.2) is 34.7 Å². The minimum Gasteiger partial charge on any atom is -0.506 e. The lowest BCUT2D eigenvalue weighted by Gasteiger charge is -2.48. The lowest BCUT2D eigenvalue weighted by molar-refractivity contribution is -0.175. The van der Waals surface area contributed by atoms with Crippen molar-refractivity contribution < 1.29 is 48.5 Å². The molecule has 1 amide bonds. The second-order valence-corrected chi connectivity index (χ2v) is 9.91. The van der Waals surface area contributed by atoms with Gasteiger partial charge in [-0.2, -0.15) is 0 Å². The van der Waals surface area contributed by atoms with Gasteiger partial charge in [-0.25, -0.2) is 4.79 Å². The summed E-state index contributed by atoms with van der Waals surface area (Å²) in [7, 11) is 4.77. The molecular weight excluding hydrogens is 488 g/mol. The summed E-state index contributed by atoms with van der Waals surface area (Å²) in [6.45, 7) is 0.00825. The van der Waals surface area contributed by atoms with Crippen LogP contribution in [0.2, 0.25) is 0 Å². The highest BCUT2D eigenvalue weighted by atomic mass is 16.6. The summed E-state index contributed by atoms with van der Waals surface area (Å²) >= 11 is 0. The van der Waals surface area contributed by atoms with Crippen LogP contribution < -0.4 is 10.6 Å². The van der Waals surface area contributed by atoms with E-state index in [4.69, 9.17) is 15.2 Å². The van der Waals surface area contributed by atoms with E-state index in [1.807, 2.05) is 0 Å². The van der Waals surface area contributed by atoms with Crippen LogP contribution in [0.25, 0.3) is 0 Å². The number of esters is 1. The van der Waals surface area contributed by atoms with Crippen LogP contribution in [-0.4, -0.2) is 85.2 Å². The monoisotopic (exact) mass is 516 g/mol. The van der Waals surface area contributed by atoms with Crippen molar-refractivity contribution >= 4 is 40.7 Å². The number of nitrogens with zero attached hydrogens (tertiary/aromatic N) is 1. The number of rotatable bonds is 6. The molecule has 2 fully saturated rings. The number of Topliss-reactive ketones (excluding diaryl/α,β-unsaturated/α-hetero) is 4. The maximum absolute atomic E-state index is 13.7. The second kappa shape index (κ2) is 9.34. The number of aliphatic hydroxyl groups is 1. The number of anilines is 1. The molecule has 0 aromatic heterocycles. The Morgan fingerprint density at radius 3 is 2.41 bits per heavy atom. The topological polar surface area (TPSA) is 191 Å². The van der Waals surface area contributed by atoms with Gasteiger partial charge in [0.1, 0.15) is 17.9 Å². The number of ether oxygens (including phenoxy) is 2. The first-order valence-electron chi connectivity index (χ1n) is 11.8. The van der Waals surface area contributed by atoms with Crippen molar-refractivity contribution in [1.29, 1.82) is 0 Å². The van der Waals surface area contributed by atoms with Crippen molar-refractivity contribution in [1.82, 2.24) is 0 Å². The quantitative estimate of drug-likeness (QED) is 0.244. The van der Waals surface area contributed by atoms with E-state index >= 15 is 0 Å². The fourth-order valence-electron chi connectivity index (χ4n) is 5.86. The Bertz CT molecular complexity index is 1240. The minimum atomic E-state index is -2.74. The number of hydrogen-bond acceptors (Lipinski definition) is 11. The molecule has 2 saturated carbocycles. The van der Waals surface area contributed by atoms with Gasteiger partial charge in [0.05, 0.1) is 18.1 Å². The number of ketones is 4. The summed E-state index contributed by atoms with van der Waals surface area (Å²) in [5.41, 5.74) is 2.72. The first kappa shape index (κ1) is 26.4. The predicted molar refractivity (Wildman–Crippen MR) is 125 cm³/mol. The molecule has 0 aliphatic heterocycles. The third kappa shape index (κ3) is 3.91. The molecule has 198 valence electrons. The number of hydrogen-bond donors (Lipinski definition) is 3. The number of benzene rings is 1. The molecule has 0 heterocycles. The Labute approximate surface area is 211 Å². The number of phenolic OH excluding ortho intramolecular Hbond substituents is 1. The first-order chi connectivity index (χ1) is 17.4. The van der Waals surface area contributed by atoms with E-state index in [2.05, 4.69) is 0 Å². The van der Waals surface area contributed by atoms with Crippen molar-refractivity contribution in [3.05, 3.63) is 22.8 Å². The van der Waals surface area contributed by atoms with Crippen molar-refractivity contribution in [2.45, 2.75) is 24.9 Å². The van der Waals surface area contributed by atoms with Crippen LogP contribution >= 0.6 is 0 Å². The highest BCUT2D eigenvalue weighted by molar-refractivity contribution is 6.31. The molecular formula is C25H28N2O10. The molecule has 3 aliphatic carbocycles.